The van der Waals surface area contributed by atoms with Gasteiger partial charge in [-0.15, -0.1) is 0 Å². The van der Waals surface area contributed by atoms with Gasteiger partial charge in [0.1, 0.15) is 0 Å². The van der Waals surface area contributed by atoms with Gasteiger partial charge < -0.3 is 11.1 Å². The summed E-state index contributed by atoms with van der Waals surface area (Å²) in [5, 5.41) is 3.50. The summed E-state index contributed by atoms with van der Waals surface area (Å²) in [5.74, 6) is 0.463. The van der Waals surface area contributed by atoms with E-state index in [9.17, 15) is 4.79 Å². The number of hydrogen-bond donors (Lipinski definition) is 2. The van der Waals surface area contributed by atoms with Gasteiger partial charge in [-0.1, -0.05) is 24.9 Å². The Morgan fingerprint density at radius 3 is 2.59 bits per heavy atom. The third kappa shape index (κ3) is 5.20. The lowest BCUT2D eigenvalue weighted by Gasteiger charge is -2.11. The van der Waals surface area contributed by atoms with Crippen molar-refractivity contribution in [2.45, 2.75) is 26.2 Å². The summed E-state index contributed by atoms with van der Waals surface area (Å²) in [5.41, 5.74) is 6.37. The van der Waals surface area contributed by atoms with Crippen LogP contribution in [0.25, 0.3) is 0 Å². The van der Waals surface area contributed by atoms with E-state index in [4.69, 9.17) is 17.3 Å². The van der Waals surface area contributed by atoms with Crippen LogP contribution >= 0.6 is 11.6 Å². The number of nitrogens with two attached hydrogens (primary N) is 1. The smallest absolute Gasteiger partial charge is 0.224 e. The molecule has 0 heterocycles. The number of carbonyl (C=O) groups is 1. The molecule has 0 saturated heterocycles. The van der Waals surface area contributed by atoms with Crippen molar-refractivity contribution in [2.75, 3.05) is 11.9 Å². The molecule has 1 aromatic carbocycles. The molecule has 1 amide bonds. The number of benzene rings is 1. The van der Waals surface area contributed by atoms with E-state index in [1.807, 2.05) is 0 Å². The normalized spacial score (nSPS) is 12.2. The Balaban J connectivity index is 2.37. The van der Waals surface area contributed by atoms with E-state index in [0.717, 1.165) is 18.5 Å². The van der Waals surface area contributed by atoms with Crippen LogP contribution in [-0.2, 0) is 4.79 Å². The fourth-order valence-electron chi connectivity index (χ4n) is 1.58. The van der Waals surface area contributed by atoms with E-state index in [1.54, 1.807) is 24.3 Å². The lowest BCUT2D eigenvalue weighted by Crippen LogP contribution is -2.17. The maximum Gasteiger partial charge on any atom is 0.224 e. The minimum Gasteiger partial charge on any atom is -0.330 e. The summed E-state index contributed by atoms with van der Waals surface area (Å²) in [6, 6.07) is 7.10. The lowest BCUT2D eigenvalue weighted by molar-refractivity contribution is -0.116. The summed E-state index contributed by atoms with van der Waals surface area (Å²) >= 11 is 5.76. The van der Waals surface area contributed by atoms with Crippen LogP contribution in [0.3, 0.4) is 0 Å². The van der Waals surface area contributed by atoms with Crippen LogP contribution in [0.1, 0.15) is 26.2 Å². The molecule has 3 nitrogen and oxygen atoms in total. The second-order valence-corrected chi connectivity index (χ2v) is 4.54. The Bertz CT molecular complexity index is 347. The highest BCUT2D eigenvalue weighted by Crippen LogP contribution is 2.15. The Morgan fingerprint density at radius 1 is 1.41 bits per heavy atom. The molecule has 1 atom stereocenters. The molecule has 0 aromatic heterocycles. The zero-order valence-electron chi connectivity index (χ0n) is 10.1. The van der Waals surface area contributed by atoms with E-state index in [-0.39, 0.29) is 5.91 Å². The van der Waals surface area contributed by atoms with Crippen molar-refractivity contribution in [2.24, 2.45) is 11.7 Å². The highest BCUT2D eigenvalue weighted by molar-refractivity contribution is 6.30. The first kappa shape index (κ1) is 14.0. The highest BCUT2D eigenvalue weighted by Gasteiger charge is 2.08. The second kappa shape index (κ2) is 7.30. The molecule has 0 radical (unpaired) electrons. The van der Waals surface area contributed by atoms with Crippen LogP contribution in [0.2, 0.25) is 5.02 Å². The molecule has 0 aliphatic carbocycles. The van der Waals surface area contributed by atoms with Crippen LogP contribution in [0.5, 0.6) is 0 Å². The SMILES string of the molecule is CCC(CN)CCC(=O)Nc1ccc(Cl)cc1. The maximum atomic E-state index is 11.6. The van der Waals surface area contributed by atoms with Gasteiger partial charge in [-0.25, -0.2) is 0 Å². The Labute approximate surface area is 107 Å². The van der Waals surface area contributed by atoms with Crippen LogP contribution in [0, 0.1) is 5.92 Å². The Morgan fingerprint density at radius 2 is 2.06 bits per heavy atom. The molecule has 0 fully saturated rings. The number of rotatable bonds is 6. The van der Waals surface area contributed by atoms with Gasteiger partial charge in [0, 0.05) is 17.1 Å². The number of nitrogens with one attached hydrogen (secondary N) is 1. The van der Waals surface area contributed by atoms with Gasteiger partial charge in [0.2, 0.25) is 5.91 Å². The molecule has 17 heavy (non-hydrogen) atoms. The first-order valence-electron chi connectivity index (χ1n) is 5.91. The standard InChI is InChI=1S/C13H19ClN2O/c1-2-10(9-15)3-8-13(17)16-12-6-4-11(14)5-7-12/h4-7,10H,2-3,8-9,15H2,1H3,(H,16,17). The molecule has 0 spiro atoms. The number of carbonyl (C=O) groups excluding carboxylic acids is 1. The quantitative estimate of drug-likeness (QED) is 0.820. The number of amides is 1. The van der Waals surface area contributed by atoms with Gasteiger partial charge in [0.05, 0.1) is 0 Å². The van der Waals surface area contributed by atoms with Gasteiger partial charge >= 0.3 is 0 Å². The van der Waals surface area contributed by atoms with Crippen LogP contribution < -0.4 is 11.1 Å². The van der Waals surface area contributed by atoms with Crippen LogP contribution in [-0.4, -0.2) is 12.5 Å². The average Bonchev–Trinajstić information content (AvgIpc) is 2.33. The van der Waals surface area contributed by atoms with E-state index < -0.39 is 0 Å². The van der Waals surface area contributed by atoms with Gasteiger partial charge in [-0.3, -0.25) is 4.79 Å². The van der Waals surface area contributed by atoms with Crippen molar-refractivity contribution in [3.8, 4) is 0 Å². The zero-order valence-corrected chi connectivity index (χ0v) is 10.8. The van der Waals surface area contributed by atoms with Gasteiger partial charge in [-0.2, -0.15) is 0 Å². The molecule has 3 N–H and O–H groups in total. The molecular weight excluding hydrogens is 236 g/mol. The van der Waals surface area contributed by atoms with E-state index in [0.29, 0.717) is 23.9 Å². The summed E-state index contributed by atoms with van der Waals surface area (Å²) < 4.78 is 0. The molecule has 1 rings (SSSR count). The predicted molar refractivity (Wildman–Crippen MR) is 72.2 cm³/mol. The fourth-order valence-corrected chi connectivity index (χ4v) is 1.71. The van der Waals surface area contributed by atoms with Gasteiger partial charge in [0.15, 0.2) is 0 Å². The van der Waals surface area contributed by atoms with Crippen molar-refractivity contribution < 1.29 is 4.79 Å². The van der Waals surface area contributed by atoms with Crippen molar-refractivity contribution in [3.05, 3.63) is 29.3 Å². The van der Waals surface area contributed by atoms with Gasteiger partial charge in [0.25, 0.3) is 0 Å². The first-order valence-corrected chi connectivity index (χ1v) is 6.29. The minimum absolute atomic E-state index is 0.0271. The molecule has 1 unspecified atom stereocenters. The van der Waals surface area contributed by atoms with E-state index >= 15 is 0 Å². The highest BCUT2D eigenvalue weighted by atomic mass is 35.5. The molecule has 94 valence electrons. The van der Waals surface area contributed by atoms with E-state index in [1.165, 1.54) is 0 Å². The molecule has 4 heteroatoms. The molecular formula is C13H19ClN2O. The molecule has 0 bridgehead atoms. The van der Waals surface area contributed by atoms with Crippen LogP contribution in [0.4, 0.5) is 5.69 Å². The fraction of sp³-hybridized carbons (Fsp3) is 0.462. The Hall–Kier alpha value is -1.06. The van der Waals surface area contributed by atoms with Crippen molar-refractivity contribution in [3.63, 3.8) is 0 Å². The predicted octanol–water partition coefficient (Wildman–Crippen LogP) is 3.04. The average molecular weight is 255 g/mol. The molecule has 1 aromatic rings. The summed E-state index contributed by atoms with van der Waals surface area (Å²) in [7, 11) is 0. The first-order chi connectivity index (χ1) is 8.15. The number of hydrogen-bond acceptors (Lipinski definition) is 2. The largest absolute Gasteiger partial charge is 0.330 e. The minimum atomic E-state index is 0.0271. The molecule has 0 saturated carbocycles. The summed E-state index contributed by atoms with van der Waals surface area (Å²) in [6.07, 6.45) is 2.37. The van der Waals surface area contributed by atoms with Crippen molar-refractivity contribution >= 4 is 23.2 Å². The van der Waals surface area contributed by atoms with Crippen LogP contribution in [0.15, 0.2) is 24.3 Å². The lowest BCUT2D eigenvalue weighted by atomic mass is 10.0. The molecule has 0 aliphatic rings. The summed E-state index contributed by atoms with van der Waals surface area (Å²) in [6.45, 7) is 2.74. The third-order valence-corrected chi connectivity index (χ3v) is 3.07. The summed E-state index contributed by atoms with van der Waals surface area (Å²) in [4.78, 5) is 11.6. The number of anilines is 1. The Kier molecular flexibility index (Phi) is 6.01. The van der Waals surface area contributed by atoms with Gasteiger partial charge in [-0.05, 0) is 43.1 Å². The zero-order chi connectivity index (χ0) is 12.7. The number of halogens is 1. The van der Waals surface area contributed by atoms with E-state index in [2.05, 4.69) is 12.2 Å². The van der Waals surface area contributed by atoms with Crippen molar-refractivity contribution in [1.29, 1.82) is 0 Å². The maximum absolute atomic E-state index is 11.6. The monoisotopic (exact) mass is 254 g/mol. The second-order valence-electron chi connectivity index (χ2n) is 4.10. The molecule has 0 aliphatic heterocycles. The van der Waals surface area contributed by atoms with Crippen molar-refractivity contribution in [1.82, 2.24) is 0 Å². The third-order valence-electron chi connectivity index (χ3n) is 2.82. The topological polar surface area (TPSA) is 55.1 Å².